The zero-order valence-electron chi connectivity index (χ0n) is 13.8. The van der Waals surface area contributed by atoms with Gasteiger partial charge in [0.15, 0.2) is 5.82 Å². The molecule has 1 amide bonds. The quantitative estimate of drug-likeness (QED) is 0.541. The van der Waals surface area contributed by atoms with E-state index in [-0.39, 0.29) is 11.3 Å². The SMILES string of the molecule is Cc1c(C(=O)Nc2ccn(Cc3ccccc3Cl)n2)cccc1[N+](=O)[O-]. The number of carbonyl (C=O) groups excluding carboxylic acids is 1. The maximum absolute atomic E-state index is 12.4. The number of hydrogen-bond donors (Lipinski definition) is 1. The van der Waals surface area contributed by atoms with Gasteiger partial charge in [0, 0.05) is 34.5 Å². The van der Waals surface area contributed by atoms with E-state index in [9.17, 15) is 14.9 Å². The average Bonchev–Trinajstić information content (AvgIpc) is 3.03. The summed E-state index contributed by atoms with van der Waals surface area (Å²) in [5, 5.41) is 18.6. The molecule has 0 fully saturated rings. The fourth-order valence-electron chi connectivity index (χ4n) is 2.57. The van der Waals surface area contributed by atoms with Crippen LogP contribution in [0.15, 0.2) is 54.7 Å². The van der Waals surface area contributed by atoms with Crippen LogP contribution in [0.3, 0.4) is 0 Å². The van der Waals surface area contributed by atoms with Crippen molar-refractivity contribution in [3.05, 3.63) is 86.6 Å². The van der Waals surface area contributed by atoms with Crippen molar-refractivity contribution in [1.82, 2.24) is 9.78 Å². The van der Waals surface area contributed by atoms with Gasteiger partial charge >= 0.3 is 0 Å². The van der Waals surface area contributed by atoms with E-state index in [0.717, 1.165) is 5.56 Å². The third kappa shape index (κ3) is 3.73. The summed E-state index contributed by atoms with van der Waals surface area (Å²) in [6.45, 7) is 2.01. The fourth-order valence-corrected chi connectivity index (χ4v) is 2.76. The minimum Gasteiger partial charge on any atom is -0.305 e. The first-order valence-corrected chi connectivity index (χ1v) is 8.15. The first kappa shape index (κ1) is 17.6. The van der Waals surface area contributed by atoms with Crippen molar-refractivity contribution in [2.45, 2.75) is 13.5 Å². The van der Waals surface area contributed by atoms with Crippen LogP contribution in [0.25, 0.3) is 0 Å². The van der Waals surface area contributed by atoms with Crippen molar-refractivity contribution >= 4 is 29.0 Å². The Morgan fingerprint density at radius 3 is 2.73 bits per heavy atom. The Morgan fingerprint density at radius 1 is 1.23 bits per heavy atom. The number of nitrogens with one attached hydrogen (secondary N) is 1. The molecule has 8 heteroatoms. The number of benzene rings is 2. The second-order valence-corrected chi connectivity index (χ2v) is 6.06. The average molecular weight is 371 g/mol. The van der Waals surface area contributed by atoms with Crippen LogP contribution in [-0.4, -0.2) is 20.6 Å². The Kier molecular flexibility index (Phi) is 4.99. The van der Waals surface area contributed by atoms with Crippen molar-refractivity contribution in [2.24, 2.45) is 0 Å². The van der Waals surface area contributed by atoms with Gasteiger partial charge in [-0.2, -0.15) is 5.10 Å². The lowest BCUT2D eigenvalue weighted by Crippen LogP contribution is -2.15. The number of anilines is 1. The Labute approximate surface area is 154 Å². The smallest absolute Gasteiger partial charge is 0.273 e. The normalized spacial score (nSPS) is 10.5. The van der Waals surface area contributed by atoms with Crippen LogP contribution >= 0.6 is 11.6 Å². The van der Waals surface area contributed by atoms with E-state index >= 15 is 0 Å². The summed E-state index contributed by atoms with van der Waals surface area (Å²) >= 11 is 6.14. The van der Waals surface area contributed by atoms with E-state index in [1.807, 2.05) is 18.2 Å². The van der Waals surface area contributed by atoms with Crippen molar-refractivity contribution in [2.75, 3.05) is 5.32 Å². The van der Waals surface area contributed by atoms with Crippen LogP contribution in [-0.2, 0) is 6.54 Å². The number of amides is 1. The monoisotopic (exact) mass is 370 g/mol. The first-order chi connectivity index (χ1) is 12.5. The molecule has 26 heavy (non-hydrogen) atoms. The molecular weight excluding hydrogens is 356 g/mol. The molecule has 0 aliphatic carbocycles. The minimum atomic E-state index is -0.509. The summed E-state index contributed by atoms with van der Waals surface area (Å²) < 4.78 is 1.65. The van der Waals surface area contributed by atoms with Gasteiger partial charge in [-0.15, -0.1) is 0 Å². The highest BCUT2D eigenvalue weighted by Crippen LogP contribution is 2.22. The van der Waals surface area contributed by atoms with E-state index in [2.05, 4.69) is 10.4 Å². The predicted molar refractivity (Wildman–Crippen MR) is 98.6 cm³/mol. The van der Waals surface area contributed by atoms with Crippen LogP contribution in [0.1, 0.15) is 21.5 Å². The Bertz CT molecular complexity index is 984. The summed E-state index contributed by atoms with van der Waals surface area (Å²) in [6.07, 6.45) is 1.72. The molecule has 0 spiro atoms. The topological polar surface area (TPSA) is 90.1 Å². The molecular formula is C18H15ClN4O3. The van der Waals surface area contributed by atoms with Crippen LogP contribution in [0, 0.1) is 17.0 Å². The number of nitro benzene ring substituents is 1. The molecule has 0 radical (unpaired) electrons. The molecule has 1 aromatic heterocycles. The standard InChI is InChI=1S/C18H15ClN4O3/c1-12-14(6-4-8-16(12)23(25)26)18(24)20-17-9-10-22(21-17)11-13-5-2-3-7-15(13)19/h2-10H,11H2,1H3,(H,20,21,24). The summed E-state index contributed by atoms with van der Waals surface area (Å²) in [5.41, 5.74) is 1.36. The third-order valence-electron chi connectivity index (χ3n) is 3.92. The Balaban J connectivity index is 1.75. The fraction of sp³-hybridized carbons (Fsp3) is 0.111. The van der Waals surface area contributed by atoms with Crippen LogP contribution in [0.4, 0.5) is 11.5 Å². The molecule has 132 valence electrons. The number of aromatic nitrogens is 2. The number of nitro groups is 1. The molecule has 0 atom stereocenters. The largest absolute Gasteiger partial charge is 0.305 e. The highest BCUT2D eigenvalue weighted by molar-refractivity contribution is 6.31. The molecule has 3 rings (SSSR count). The highest BCUT2D eigenvalue weighted by atomic mass is 35.5. The number of carbonyl (C=O) groups is 1. The minimum absolute atomic E-state index is 0.0955. The Morgan fingerprint density at radius 2 is 2.00 bits per heavy atom. The number of halogens is 1. The molecule has 0 saturated heterocycles. The molecule has 1 heterocycles. The van der Waals surface area contributed by atoms with Gasteiger partial charge in [0.2, 0.25) is 0 Å². The van der Waals surface area contributed by atoms with Crippen molar-refractivity contribution in [1.29, 1.82) is 0 Å². The molecule has 3 aromatic rings. The zero-order valence-corrected chi connectivity index (χ0v) is 14.6. The van der Waals surface area contributed by atoms with E-state index in [4.69, 9.17) is 11.6 Å². The van der Waals surface area contributed by atoms with E-state index < -0.39 is 10.8 Å². The second-order valence-electron chi connectivity index (χ2n) is 5.65. The van der Waals surface area contributed by atoms with E-state index in [0.29, 0.717) is 22.9 Å². The summed E-state index contributed by atoms with van der Waals surface area (Å²) in [5.74, 6) is -0.0952. The van der Waals surface area contributed by atoms with Crippen LogP contribution < -0.4 is 5.32 Å². The van der Waals surface area contributed by atoms with Gasteiger partial charge in [-0.3, -0.25) is 19.6 Å². The maximum Gasteiger partial charge on any atom is 0.273 e. The van der Waals surface area contributed by atoms with Crippen molar-refractivity contribution in [3.8, 4) is 0 Å². The van der Waals surface area contributed by atoms with Crippen molar-refractivity contribution in [3.63, 3.8) is 0 Å². The number of nitrogens with zero attached hydrogens (tertiary/aromatic N) is 3. The summed E-state index contributed by atoms with van der Waals surface area (Å²) in [6, 6.07) is 13.5. The maximum atomic E-state index is 12.4. The van der Waals surface area contributed by atoms with Crippen LogP contribution in [0.2, 0.25) is 5.02 Å². The van der Waals surface area contributed by atoms with Gasteiger partial charge in [-0.1, -0.05) is 35.9 Å². The second kappa shape index (κ2) is 7.37. The Hall–Kier alpha value is -3.19. The van der Waals surface area contributed by atoms with E-state index in [1.165, 1.54) is 12.1 Å². The highest BCUT2D eigenvalue weighted by Gasteiger charge is 2.18. The van der Waals surface area contributed by atoms with Gasteiger partial charge in [-0.05, 0) is 24.6 Å². The summed E-state index contributed by atoms with van der Waals surface area (Å²) in [4.78, 5) is 22.9. The molecule has 1 N–H and O–H groups in total. The molecule has 0 unspecified atom stereocenters. The number of rotatable bonds is 5. The number of hydrogen-bond acceptors (Lipinski definition) is 4. The zero-order chi connectivity index (χ0) is 18.7. The lowest BCUT2D eigenvalue weighted by atomic mass is 10.1. The molecule has 2 aromatic carbocycles. The predicted octanol–water partition coefficient (Wildman–Crippen LogP) is 4.05. The van der Waals surface area contributed by atoms with Crippen molar-refractivity contribution < 1.29 is 9.72 Å². The molecule has 0 saturated carbocycles. The molecule has 7 nitrogen and oxygen atoms in total. The summed E-state index contributed by atoms with van der Waals surface area (Å²) in [7, 11) is 0. The lowest BCUT2D eigenvalue weighted by molar-refractivity contribution is -0.385. The first-order valence-electron chi connectivity index (χ1n) is 7.78. The molecule has 0 aliphatic rings. The van der Waals surface area contributed by atoms with Gasteiger partial charge in [0.25, 0.3) is 11.6 Å². The lowest BCUT2D eigenvalue weighted by Gasteiger charge is -2.06. The third-order valence-corrected chi connectivity index (χ3v) is 4.29. The van der Waals surface area contributed by atoms with Gasteiger partial charge in [0.1, 0.15) is 0 Å². The van der Waals surface area contributed by atoms with Gasteiger partial charge in [-0.25, -0.2) is 0 Å². The molecule has 0 aliphatic heterocycles. The van der Waals surface area contributed by atoms with Crippen LogP contribution in [0.5, 0.6) is 0 Å². The van der Waals surface area contributed by atoms with Gasteiger partial charge < -0.3 is 5.32 Å². The van der Waals surface area contributed by atoms with E-state index in [1.54, 1.807) is 36.0 Å². The van der Waals surface area contributed by atoms with Gasteiger partial charge in [0.05, 0.1) is 11.5 Å². The molecule has 0 bridgehead atoms.